The first-order valence-corrected chi connectivity index (χ1v) is 11.0. The molecule has 0 aromatic heterocycles. The monoisotopic (exact) mass is 460 g/mol. The lowest BCUT2D eigenvalue weighted by atomic mass is 10.0. The number of hydrogen-bond donors (Lipinski definition) is 2. The van der Waals surface area contributed by atoms with Crippen LogP contribution in [0.1, 0.15) is 16.7 Å². The normalized spacial score (nSPS) is 12.1. The van der Waals surface area contributed by atoms with Gasteiger partial charge in [-0.15, -0.1) is 0 Å². The van der Waals surface area contributed by atoms with Gasteiger partial charge in [0.05, 0.1) is 7.11 Å². The number of benzene rings is 3. The quantitative estimate of drug-likeness (QED) is 0.452. The van der Waals surface area contributed by atoms with Gasteiger partial charge in [0, 0.05) is 12.8 Å². The molecule has 3 aromatic rings. The number of esters is 1. The molecule has 176 valence electrons. The number of rotatable bonds is 10. The summed E-state index contributed by atoms with van der Waals surface area (Å²) in [5.74, 6) is -1.07. The second-order valence-corrected chi connectivity index (χ2v) is 7.72. The zero-order valence-electron chi connectivity index (χ0n) is 19.0. The second-order valence-electron chi connectivity index (χ2n) is 7.72. The van der Waals surface area contributed by atoms with Crippen molar-refractivity contribution in [3.63, 3.8) is 0 Å². The first kappa shape index (κ1) is 24.5. The molecule has 34 heavy (non-hydrogen) atoms. The maximum atomic E-state index is 13.2. The molecule has 7 heteroatoms. The Bertz CT molecular complexity index is 1060. The first-order chi connectivity index (χ1) is 16.5. The minimum absolute atomic E-state index is 0.0745. The van der Waals surface area contributed by atoms with E-state index in [0.717, 1.165) is 16.7 Å². The topological polar surface area (TPSA) is 93.7 Å². The van der Waals surface area contributed by atoms with Crippen LogP contribution in [0.2, 0.25) is 0 Å². The number of nitrogens with one attached hydrogen (secondary N) is 2. The van der Waals surface area contributed by atoms with Crippen LogP contribution in [-0.4, -0.2) is 37.2 Å². The van der Waals surface area contributed by atoms with Crippen LogP contribution in [0.3, 0.4) is 0 Å². The Morgan fingerprint density at radius 2 is 1.15 bits per heavy atom. The average molecular weight is 461 g/mol. The molecule has 0 fully saturated rings. The van der Waals surface area contributed by atoms with Gasteiger partial charge in [-0.05, 0) is 16.7 Å². The maximum Gasteiger partial charge on any atom is 0.408 e. The van der Waals surface area contributed by atoms with Gasteiger partial charge in [-0.2, -0.15) is 0 Å². The lowest BCUT2D eigenvalue weighted by Gasteiger charge is -2.22. The van der Waals surface area contributed by atoms with Crippen molar-refractivity contribution >= 4 is 18.0 Å². The van der Waals surface area contributed by atoms with Gasteiger partial charge < -0.3 is 20.1 Å². The van der Waals surface area contributed by atoms with Crippen molar-refractivity contribution < 1.29 is 23.9 Å². The Labute approximate surface area is 199 Å². The van der Waals surface area contributed by atoms with Gasteiger partial charge in [0.2, 0.25) is 5.91 Å². The van der Waals surface area contributed by atoms with E-state index in [2.05, 4.69) is 10.6 Å². The SMILES string of the molecule is COC(=O)C(Cc1ccccc1)NC(=O)C(Cc1ccccc1)NC(=O)OCc1ccccc1. The summed E-state index contributed by atoms with van der Waals surface area (Å²) >= 11 is 0. The molecule has 7 nitrogen and oxygen atoms in total. The van der Waals surface area contributed by atoms with E-state index in [9.17, 15) is 14.4 Å². The van der Waals surface area contributed by atoms with Crippen molar-refractivity contribution in [3.8, 4) is 0 Å². The predicted molar refractivity (Wildman–Crippen MR) is 128 cm³/mol. The first-order valence-electron chi connectivity index (χ1n) is 11.0. The van der Waals surface area contributed by atoms with Gasteiger partial charge >= 0.3 is 12.1 Å². The van der Waals surface area contributed by atoms with Gasteiger partial charge in [0.15, 0.2) is 0 Å². The minimum Gasteiger partial charge on any atom is -0.467 e. The summed E-state index contributed by atoms with van der Waals surface area (Å²) in [5, 5.41) is 5.37. The molecule has 0 bridgehead atoms. The van der Waals surface area contributed by atoms with E-state index in [-0.39, 0.29) is 19.4 Å². The van der Waals surface area contributed by atoms with Crippen LogP contribution in [-0.2, 0) is 38.5 Å². The fraction of sp³-hybridized carbons (Fsp3) is 0.222. The van der Waals surface area contributed by atoms with E-state index in [0.29, 0.717) is 0 Å². The number of hydrogen-bond acceptors (Lipinski definition) is 5. The summed E-state index contributed by atoms with van der Waals surface area (Å²) in [6.45, 7) is 0.0745. The number of carbonyl (C=O) groups excluding carboxylic acids is 3. The van der Waals surface area contributed by atoms with E-state index in [1.54, 1.807) is 0 Å². The zero-order valence-corrected chi connectivity index (χ0v) is 19.0. The fourth-order valence-electron chi connectivity index (χ4n) is 3.42. The number of amides is 2. The van der Waals surface area contributed by atoms with Gasteiger partial charge in [-0.1, -0.05) is 91.0 Å². The molecule has 2 unspecified atom stereocenters. The molecule has 2 amide bonds. The molecule has 0 radical (unpaired) electrons. The number of carbonyl (C=O) groups is 3. The lowest BCUT2D eigenvalue weighted by Crippen LogP contribution is -2.53. The molecule has 0 saturated carbocycles. The standard InChI is InChI=1S/C27H28N2O5/c1-33-26(31)24(18-21-13-7-3-8-14-21)28-25(30)23(17-20-11-5-2-6-12-20)29-27(32)34-19-22-15-9-4-10-16-22/h2-16,23-24H,17-19H2,1H3,(H,28,30)(H,29,32). The third-order valence-electron chi connectivity index (χ3n) is 5.19. The molecule has 2 N–H and O–H groups in total. The second kappa shape index (κ2) is 12.8. The van der Waals surface area contributed by atoms with Crippen molar-refractivity contribution in [3.05, 3.63) is 108 Å². The third-order valence-corrected chi connectivity index (χ3v) is 5.19. The number of methoxy groups -OCH3 is 1. The molecular formula is C27H28N2O5. The van der Waals surface area contributed by atoms with Crippen molar-refractivity contribution in [1.29, 1.82) is 0 Å². The van der Waals surface area contributed by atoms with Crippen molar-refractivity contribution in [2.45, 2.75) is 31.5 Å². The van der Waals surface area contributed by atoms with Crippen LogP contribution in [0.25, 0.3) is 0 Å². The Kier molecular flexibility index (Phi) is 9.22. The molecule has 3 rings (SSSR count). The van der Waals surface area contributed by atoms with Gasteiger partial charge in [-0.25, -0.2) is 9.59 Å². The molecule has 2 atom stereocenters. The van der Waals surface area contributed by atoms with Crippen LogP contribution in [0.4, 0.5) is 4.79 Å². The summed E-state index contributed by atoms with van der Waals surface area (Å²) in [5.41, 5.74) is 2.55. The molecule has 0 saturated heterocycles. The highest BCUT2D eigenvalue weighted by Crippen LogP contribution is 2.08. The molecule has 0 heterocycles. The predicted octanol–water partition coefficient (Wildman–Crippen LogP) is 3.42. The van der Waals surface area contributed by atoms with Crippen LogP contribution in [0.15, 0.2) is 91.0 Å². The highest BCUT2D eigenvalue weighted by molar-refractivity contribution is 5.90. The highest BCUT2D eigenvalue weighted by atomic mass is 16.5. The Morgan fingerprint density at radius 3 is 1.65 bits per heavy atom. The lowest BCUT2D eigenvalue weighted by molar-refractivity contribution is -0.145. The van der Waals surface area contributed by atoms with Crippen LogP contribution < -0.4 is 10.6 Å². The minimum atomic E-state index is -0.950. The van der Waals surface area contributed by atoms with Crippen LogP contribution in [0.5, 0.6) is 0 Å². The molecular weight excluding hydrogens is 432 g/mol. The summed E-state index contributed by atoms with van der Waals surface area (Å²) in [6.07, 6.45) is -0.236. The smallest absolute Gasteiger partial charge is 0.408 e. The van der Waals surface area contributed by atoms with Crippen LogP contribution >= 0.6 is 0 Å². The molecule has 0 aliphatic heterocycles. The average Bonchev–Trinajstić information content (AvgIpc) is 2.88. The van der Waals surface area contributed by atoms with E-state index in [1.807, 2.05) is 91.0 Å². The molecule has 0 aliphatic rings. The van der Waals surface area contributed by atoms with Crippen molar-refractivity contribution in [1.82, 2.24) is 10.6 Å². The summed E-state index contributed by atoms with van der Waals surface area (Å²) in [7, 11) is 1.27. The van der Waals surface area contributed by atoms with Gasteiger partial charge in [0.1, 0.15) is 18.7 Å². The Morgan fingerprint density at radius 1 is 0.676 bits per heavy atom. The van der Waals surface area contributed by atoms with Crippen molar-refractivity contribution in [2.75, 3.05) is 7.11 Å². The molecule has 0 aliphatic carbocycles. The fourth-order valence-corrected chi connectivity index (χ4v) is 3.42. The summed E-state index contributed by atoms with van der Waals surface area (Å²) < 4.78 is 10.2. The highest BCUT2D eigenvalue weighted by Gasteiger charge is 2.28. The van der Waals surface area contributed by atoms with Gasteiger partial charge in [0.25, 0.3) is 0 Å². The van der Waals surface area contributed by atoms with E-state index >= 15 is 0 Å². The third kappa shape index (κ3) is 7.78. The molecule has 0 spiro atoms. The molecule has 3 aromatic carbocycles. The largest absolute Gasteiger partial charge is 0.467 e. The van der Waals surface area contributed by atoms with E-state index < -0.39 is 30.1 Å². The van der Waals surface area contributed by atoms with Crippen LogP contribution in [0, 0.1) is 0 Å². The summed E-state index contributed by atoms with van der Waals surface area (Å²) in [6, 6.07) is 26.0. The van der Waals surface area contributed by atoms with E-state index in [4.69, 9.17) is 9.47 Å². The van der Waals surface area contributed by atoms with Crippen molar-refractivity contribution in [2.24, 2.45) is 0 Å². The Balaban J connectivity index is 1.70. The maximum absolute atomic E-state index is 13.2. The Hall–Kier alpha value is -4.13. The van der Waals surface area contributed by atoms with E-state index in [1.165, 1.54) is 7.11 Å². The number of ether oxygens (including phenoxy) is 2. The van der Waals surface area contributed by atoms with Gasteiger partial charge in [-0.3, -0.25) is 4.79 Å². The summed E-state index contributed by atoms with van der Waals surface area (Å²) in [4.78, 5) is 38.0. The number of alkyl carbamates (subject to hydrolysis) is 1. The zero-order chi connectivity index (χ0) is 24.2.